The third-order valence-electron chi connectivity index (χ3n) is 3.26. The van der Waals surface area contributed by atoms with Gasteiger partial charge in [0, 0.05) is 17.5 Å². The third-order valence-corrected chi connectivity index (χ3v) is 4.04. The maximum absolute atomic E-state index is 12.0. The van der Waals surface area contributed by atoms with E-state index in [0.29, 0.717) is 19.4 Å². The SMILES string of the molecule is NC(=O)[C@H](Cc1ccccc1Br)NC(=O)[C@@H]1CCCO1. The predicted molar refractivity (Wildman–Crippen MR) is 77.9 cm³/mol. The normalized spacial score (nSPS) is 19.6. The minimum absolute atomic E-state index is 0.265. The van der Waals surface area contributed by atoms with Crippen molar-refractivity contribution < 1.29 is 14.3 Å². The third kappa shape index (κ3) is 3.80. The van der Waals surface area contributed by atoms with Crippen molar-refractivity contribution in [2.45, 2.75) is 31.4 Å². The van der Waals surface area contributed by atoms with Gasteiger partial charge in [-0.25, -0.2) is 0 Å². The van der Waals surface area contributed by atoms with Crippen molar-refractivity contribution >= 4 is 27.7 Å². The molecule has 2 atom stereocenters. The van der Waals surface area contributed by atoms with Gasteiger partial charge >= 0.3 is 0 Å². The van der Waals surface area contributed by atoms with Gasteiger partial charge in [-0.15, -0.1) is 0 Å². The highest BCUT2D eigenvalue weighted by atomic mass is 79.9. The number of hydrogen-bond acceptors (Lipinski definition) is 3. The fourth-order valence-corrected chi connectivity index (χ4v) is 2.60. The molecule has 3 N–H and O–H groups in total. The number of ether oxygens (including phenoxy) is 1. The van der Waals surface area contributed by atoms with Crippen LogP contribution in [0.3, 0.4) is 0 Å². The Morgan fingerprint density at radius 3 is 2.80 bits per heavy atom. The Bertz CT molecular complexity index is 501. The topological polar surface area (TPSA) is 81.4 Å². The summed E-state index contributed by atoms with van der Waals surface area (Å²) in [6.45, 7) is 0.587. The van der Waals surface area contributed by atoms with Crippen LogP contribution in [0.4, 0.5) is 0 Å². The Hall–Kier alpha value is -1.40. The summed E-state index contributed by atoms with van der Waals surface area (Å²) in [5, 5.41) is 2.67. The molecule has 1 aliphatic rings. The standard InChI is InChI=1S/C14H17BrN2O3/c15-10-5-2-1-4-9(10)8-11(13(16)18)17-14(19)12-6-3-7-20-12/h1-2,4-5,11-12H,3,6-8H2,(H2,16,18)(H,17,19)/t11-,12-/m0/s1. The average molecular weight is 341 g/mol. The Balaban J connectivity index is 2.02. The molecule has 0 aromatic heterocycles. The zero-order valence-corrected chi connectivity index (χ0v) is 12.6. The Morgan fingerprint density at radius 1 is 1.45 bits per heavy atom. The maximum atomic E-state index is 12.0. The van der Waals surface area contributed by atoms with Gasteiger partial charge in [0.2, 0.25) is 11.8 Å². The number of benzene rings is 1. The van der Waals surface area contributed by atoms with Crippen LogP contribution in [0.2, 0.25) is 0 Å². The molecule has 1 aromatic rings. The minimum atomic E-state index is -0.731. The number of rotatable bonds is 5. The van der Waals surface area contributed by atoms with Crippen LogP contribution in [0.1, 0.15) is 18.4 Å². The van der Waals surface area contributed by atoms with Crippen molar-refractivity contribution in [1.29, 1.82) is 0 Å². The Labute approximate surface area is 126 Å². The van der Waals surface area contributed by atoms with Crippen LogP contribution in [0.5, 0.6) is 0 Å². The quantitative estimate of drug-likeness (QED) is 0.843. The number of carbonyl (C=O) groups excluding carboxylic acids is 2. The molecule has 2 amide bonds. The second kappa shape index (κ2) is 6.85. The highest BCUT2D eigenvalue weighted by Gasteiger charge is 2.27. The summed E-state index contributed by atoms with van der Waals surface area (Å²) in [6.07, 6.45) is 1.45. The van der Waals surface area contributed by atoms with Crippen molar-refractivity contribution in [3.8, 4) is 0 Å². The van der Waals surface area contributed by atoms with Crippen LogP contribution >= 0.6 is 15.9 Å². The van der Waals surface area contributed by atoms with E-state index in [-0.39, 0.29) is 5.91 Å². The molecule has 5 nitrogen and oxygen atoms in total. The van der Waals surface area contributed by atoms with E-state index in [1.165, 1.54) is 0 Å². The zero-order chi connectivity index (χ0) is 14.5. The van der Waals surface area contributed by atoms with Gasteiger partial charge in [-0.1, -0.05) is 34.1 Å². The molecular formula is C14H17BrN2O3. The van der Waals surface area contributed by atoms with Crippen molar-refractivity contribution in [3.05, 3.63) is 34.3 Å². The number of primary amides is 1. The van der Waals surface area contributed by atoms with Gasteiger partial charge in [0.1, 0.15) is 12.1 Å². The molecule has 1 aliphatic heterocycles. The van der Waals surface area contributed by atoms with Crippen molar-refractivity contribution in [2.75, 3.05) is 6.61 Å². The van der Waals surface area contributed by atoms with Crippen LogP contribution in [0.15, 0.2) is 28.7 Å². The zero-order valence-electron chi connectivity index (χ0n) is 11.0. The Kier molecular flexibility index (Phi) is 5.14. The maximum Gasteiger partial charge on any atom is 0.249 e. The second-order valence-electron chi connectivity index (χ2n) is 4.76. The number of nitrogens with two attached hydrogens (primary N) is 1. The van der Waals surface area contributed by atoms with E-state index in [9.17, 15) is 9.59 Å². The summed E-state index contributed by atoms with van der Waals surface area (Å²) >= 11 is 3.42. The fraction of sp³-hybridized carbons (Fsp3) is 0.429. The molecule has 108 valence electrons. The lowest BCUT2D eigenvalue weighted by atomic mass is 10.0. The number of halogens is 1. The minimum Gasteiger partial charge on any atom is -0.368 e. The molecule has 1 fully saturated rings. The number of carbonyl (C=O) groups is 2. The fourth-order valence-electron chi connectivity index (χ4n) is 2.16. The first-order valence-corrected chi connectivity index (χ1v) is 7.32. The molecule has 0 aliphatic carbocycles. The van der Waals surface area contributed by atoms with Gasteiger partial charge in [0.15, 0.2) is 0 Å². The molecule has 0 spiro atoms. The van der Waals surface area contributed by atoms with Crippen LogP contribution in [-0.2, 0) is 20.7 Å². The summed E-state index contributed by atoms with van der Waals surface area (Å²) in [5.74, 6) is -0.814. The molecule has 2 rings (SSSR count). The molecular weight excluding hydrogens is 324 g/mol. The number of hydrogen-bond donors (Lipinski definition) is 2. The van der Waals surface area contributed by atoms with Gasteiger partial charge in [-0.05, 0) is 24.5 Å². The highest BCUT2D eigenvalue weighted by Crippen LogP contribution is 2.18. The van der Waals surface area contributed by atoms with E-state index in [2.05, 4.69) is 21.2 Å². The van der Waals surface area contributed by atoms with E-state index >= 15 is 0 Å². The lowest BCUT2D eigenvalue weighted by Crippen LogP contribution is -2.49. The van der Waals surface area contributed by atoms with Crippen molar-refractivity contribution in [2.24, 2.45) is 5.73 Å². The van der Waals surface area contributed by atoms with Crippen molar-refractivity contribution in [1.82, 2.24) is 5.32 Å². The monoisotopic (exact) mass is 340 g/mol. The van der Waals surface area contributed by atoms with Crippen LogP contribution in [-0.4, -0.2) is 30.6 Å². The lowest BCUT2D eigenvalue weighted by molar-refractivity contribution is -0.133. The van der Waals surface area contributed by atoms with Crippen LogP contribution in [0, 0.1) is 0 Å². The molecule has 20 heavy (non-hydrogen) atoms. The molecule has 0 radical (unpaired) electrons. The molecule has 6 heteroatoms. The summed E-state index contributed by atoms with van der Waals surface area (Å²) < 4.78 is 6.18. The summed E-state index contributed by atoms with van der Waals surface area (Å²) in [7, 11) is 0. The lowest BCUT2D eigenvalue weighted by Gasteiger charge is -2.18. The molecule has 1 aromatic carbocycles. The van der Waals surface area contributed by atoms with E-state index in [1.807, 2.05) is 24.3 Å². The first kappa shape index (κ1) is 15.0. The highest BCUT2D eigenvalue weighted by molar-refractivity contribution is 9.10. The molecule has 0 saturated carbocycles. The molecule has 0 unspecified atom stereocenters. The van der Waals surface area contributed by atoms with E-state index in [0.717, 1.165) is 16.5 Å². The van der Waals surface area contributed by atoms with Crippen molar-refractivity contribution in [3.63, 3.8) is 0 Å². The van der Waals surface area contributed by atoms with Gasteiger partial charge in [0.25, 0.3) is 0 Å². The molecule has 1 heterocycles. The Morgan fingerprint density at radius 2 is 2.20 bits per heavy atom. The van der Waals surface area contributed by atoms with Gasteiger partial charge in [-0.2, -0.15) is 0 Å². The summed E-state index contributed by atoms with van der Waals surface area (Å²) in [5.41, 5.74) is 6.29. The second-order valence-corrected chi connectivity index (χ2v) is 5.62. The van der Waals surface area contributed by atoms with Crippen LogP contribution in [0.25, 0.3) is 0 Å². The first-order valence-electron chi connectivity index (χ1n) is 6.52. The van der Waals surface area contributed by atoms with Gasteiger partial charge in [0.05, 0.1) is 0 Å². The van der Waals surface area contributed by atoms with Crippen LogP contribution < -0.4 is 11.1 Å². The average Bonchev–Trinajstić information content (AvgIpc) is 2.94. The predicted octanol–water partition coefficient (Wildman–Crippen LogP) is 1.14. The van der Waals surface area contributed by atoms with E-state index < -0.39 is 18.1 Å². The van der Waals surface area contributed by atoms with Gasteiger partial charge < -0.3 is 15.8 Å². The smallest absolute Gasteiger partial charge is 0.249 e. The molecule has 0 bridgehead atoms. The summed E-state index contributed by atoms with van der Waals surface area (Å²) in [6, 6.07) is 6.80. The van der Waals surface area contributed by atoms with Gasteiger partial charge in [-0.3, -0.25) is 9.59 Å². The van der Waals surface area contributed by atoms with E-state index in [1.54, 1.807) is 0 Å². The summed E-state index contributed by atoms with van der Waals surface area (Å²) in [4.78, 5) is 23.5. The van der Waals surface area contributed by atoms with E-state index in [4.69, 9.17) is 10.5 Å². The molecule has 1 saturated heterocycles. The first-order chi connectivity index (χ1) is 9.58. The number of nitrogens with one attached hydrogen (secondary N) is 1. The largest absolute Gasteiger partial charge is 0.368 e. The number of amides is 2.